The van der Waals surface area contributed by atoms with E-state index in [0.29, 0.717) is 5.69 Å². The smallest absolute Gasteiger partial charge is 0.228 e. The second-order valence-electron chi connectivity index (χ2n) is 5.66. The number of carbonyl (C=O) groups excluding carboxylic acids is 1. The van der Waals surface area contributed by atoms with Crippen LogP contribution in [0.4, 0.5) is 5.69 Å². The van der Waals surface area contributed by atoms with Gasteiger partial charge in [0.25, 0.3) is 0 Å². The van der Waals surface area contributed by atoms with Crippen LogP contribution >= 0.6 is 0 Å². The van der Waals surface area contributed by atoms with Gasteiger partial charge in [0.2, 0.25) is 5.91 Å². The summed E-state index contributed by atoms with van der Waals surface area (Å²) in [6.07, 6.45) is 5.29. The molecule has 4 rings (SSSR count). The van der Waals surface area contributed by atoms with Crippen molar-refractivity contribution in [3.05, 3.63) is 78.9 Å². The van der Waals surface area contributed by atoms with Gasteiger partial charge in [0.15, 0.2) is 0 Å². The van der Waals surface area contributed by atoms with Crippen LogP contribution in [0.25, 0.3) is 11.4 Å². The van der Waals surface area contributed by atoms with Crippen molar-refractivity contribution in [3.63, 3.8) is 0 Å². The molecule has 2 aromatic carbocycles. The molecule has 0 radical (unpaired) electrons. The third kappa shape index (κ3) is 3.48. The van der Waals surface area contributed by atoms with E-state index < -0.39 is 0 Å². The molecule has 1 N–H and O–H groups in total. The summed E-state index contributed by atoms with van der Waals surface area (Å²) in [5, 5.41) is 18.2. The molecular weight excluding hydrogens is 330 g/mol. The maximum Gasteiger partial charge on any atom is 0.228 e. The molecule has 128 valence electrons. The molecule has 2 heterocycles. The molecule has 0 bridgehead atoms. The Kier molecular flexibility index (Phi) is 4.21. The van der Waals surface area contributed by atoms with Gasteiger partial charge in [-0.15, -0.1) is 5.10 Å². The molecule has 0 atom stereocenters. The van der Waals surface area contributed by atoms with Gasteiger partial charge in [0, 0.05) is 11.9 Å². The van der Waals surface area contributed by atoms with Crippen LogP contribution in [0.15, 0.2) is 73.3 Å². The molecule has 4 aromatic rings. The van der Waals surface area contributed by atoms with Gasteiger partial charge < -0.3 is 5.32 Å². The lowest BCUT2D eigenvalue weighted by molar-refractivity contribution is -0.115. The molecule has 0 saturated heterocycles. The van der Waals surface area contributed by atoms with Gasteiger partial charge >= 0.3 is 0 Å². The fourth-order valence-corrected chi connectivity index (χ4v) is 2.57. The average molecular weight is 345 g/mol. The van der Waals surface area contributed by atoms with E-state index in [1.165, 1.54) is 11.0 Å². The molecular formula is C18H15N7O. The molecule has 8 nitrogen and oxygen atoms in total. The molecule has 0 aliphatic carbocycles. The first-order valence-corrected chi connectivity index (χ1v) is 8.00. The zero-order chi connectivity index (χ0) is 17.8. The second-order valence-corrected chi connectivity index (χ2v) is 5.66. The molecule has 2 aromatic heterocycles. The normalized spacial score (nSPS) is 10.6. The minimum absolute atomic E-state index is 0.119. The van der Waals surface area contributed by atoms with Gasteiger partial charge in [-0.05, 0) is 46.3 Å². The Balaban J connectivity index is 1.43. The van der Waals surface area contributed by atoms with E-state index in [0.717, 1.165) is 16.9 Å². The lowest BCUT2D eigenvalue weighted by Crippen LogP contribution is -2.14. The van der Waals surface area contributed by atoms with E-state index in [2.05, 4.69) is 25.9 Å². The van der Waals surface area contributed by atoms with Crippen LogP contribution in [0.3, 0.4) is 0 Å². The summed E-state index contributed by atoms with van der Waals surface area (Å²) in [6.45, 7) is 0. The summed E-state index contributed by atoms with van der Waals surface area (Å²) >= 11 is 0. The van der Waals surface area contributed by atoms with Crippen LogP contribution in [-0.2, 0) is 11.2 Å². The Bertz CT molecular complexity index is 1010. The highest BCUT2D eigenvalue weighted by Gasteiger charge is 2.08. The number of amides is 1. The number of para-hydroxylation sites is 1. The molecule has 0 aliphatic heterocycles. The number of carbonyl (C=O) groups is 1. The van der Waals surface area contributed by atoms with Gasteiger partial charge in [-0.25, -0.2) is 9.36 Å². The molecule has 0 spiro atoms. The van der Waals surface area contributed by atoms with Gasteiger partial charge in [0.05, 0.1) is 24.0 Å². The molecule has 26 heavy (non-hydrogen) atoms. The summed E-state index contributed by atoms with van der Waals surface area (Å²) in [4.78, 5) is 12.3. The van der Waals surface area contributed by atoms with E-state index in [9.17, 15) is 4.79 Å². The molecule has 1 amide bonds. The molecule has 8 heteroatoms. The number of aromatic nitrogens is 6. The summed E-state index contributed by atoms with van der Waals surface area (Å²) in [7, 11) is 0. The highest BCUT2D eigenvalue weighted by atomic mass is 16.1. The number of rotatable bonds is 5. The Hall–Kier alpha value is -3.81. The highest BCUT2D eigenvalue weighted by molar-refractivity contribution is 5.92. The van der Waals surface area contributed by atoms with Gasteiger partial charge in [0.1, 0.15) is 6.33 Å². The Labute approximate surface area is 149 Å². The van der Waals surface area contributed by atoms with Gasteiger partial charge in [-0.2, -0.15) is 5.10 Å². The topological polar surface area (TPSA) is 90.5 Å². The Morgan fingerprint density at radius 2 is 1.85 bits per heavy atom. The van der Waals surface area contributed by atoms with Crippen molar-refractivity contribution in [3.8, 4) is 11.4 Å². The third-order valence-corrected chi connectivity index (χ3v) is 3.76. The van der Waals surface area contributed by atoms with Crippen molar-refractivity contribution in [1.29, 1.82) is 0 Å². The average Bonchev–Trinajstić information content (AvgIpc) is 3.35. The highest BCUT2D eigenvalue weighted by Crippen LogP contribution is 2.14. The number of hydrogen-bond acceptors (Lipinski definition) is 5. The zero-order valence-corrected chi connectivity index (χ0v) is 13.7. The first-order chi connectivity index (χ1) is 12.8. The van der Waals surface area contributed by atoms with E-state index in [1.807, 2.05) is 60.8 Å². The lowest BCUT2D eigenvalue weighted by Gasteiger charge is -2.06. The number of nitrogens with one attached hydrogen (secondary N) is 1. The van der Waals surface area contributed by atoms with Gasteiger partial charge in [-0.1, -0.05) is 24.3 Å². The standard InChI is InChI=1S/C18H15N7O/c26-18(9-14-11-20-24(12-14)16-6-2-1-3-7-16)21-15-5-4-8-17(10-15)25-13-19-22-23-25/h1-8,10-13H,9H2,(H,21,26). The number of anilines is 1. The van der Waals surface area contributed by atoms with Crippen molar-refractivity contribution >= 4 is 11.6 Å². The molecule has 0 fully saturated rings. The Morgan fingerprint density at radius 1 is 1.00 bits per heavy atom. The predicted octanol–water partition coefficient (Wildman–Crippen LogP) is 2.03. The van der Waals surface area contributed by atoms with Crippen LogP contribution in [0, 0.1) is 0 Å². The van der Waals surface area contributed by atoms with Crippen molar-refractivity contribution in [2.75, 3.05) is 5.32 Å². The van der Waals surface area contributed by atoms with Gasteiger partial charge in [-0.3, -0.25) is 4.79 Å². The minimum atomic E-state index is -0.119. The number of hydrogen-bond donors (Lipinski definition) is 1. The first kappa shape index (κ1) is 15.7. The van der Waals surface area contributed by atoms with Crippen LogP contribution in [-0.4, -0.2) is 35.9 Å². The van der Waals surface area contributed by atoms with Crippen molar-refractivity contribution < 1.29 is 4.79 Å². The van der Waals surface area contributed by atoms with Crippen molar-refractivity contribution in [1.82, 2.24) is 30.0 Å². The van der Waals surface area contributed by atoms with E-state index in [1.54, 1.807) is 10.9 Å². The molecule has 0 saturated carbocycles. The minimum Gasteiger partial charge on any atom is -0.326 e. The van der Waals surface area contributed by atoms with Crippen LogP contribution < -0.4 is 5.32 Å². The van der Waals surface area contributed by atoms with E-state index in [-0.39, 0.29) is 12.3 Å². The summed E-state index contributed by atoms with van der Waals surface area (Å²) < 4.78 is 3.28. The van der Waals surface area contributed by atoms with E-state index in [4.69, 9.17) is 0 Å². The quantitative estimate of drug-likeness (QED) is 0.598. The largest absolute Gasteiger partial charge is 0.326 e. The monoisotopic (exact) mass is 345 g/mol. The number of benzene rings is 2. The fraction of sp³-hybridized carbons (Fsp3) is 0.0556. The lowest BCUT2D eigenvalue weighted by atomic mass is 10.2. The first-order valence-electron chi connectivity index (χ1n) is 8.00. The van der Waals surface area contributed by atoms with Crippen LogP contribution in [0.1, 0.15) is 5.56 Å². The van der Waals surface area contributed by atoms with Crippen molar-refractivity contribution in [2.45, 2.75) is 6.42 Å². The fourth-order valence-electron chi connectivity index (χ4n) is 2.57. The number of nitrogens with zero attached hydrogens (tertiary/aromatic N) is 6. The number of tetrazole rings is 1. The van der Waals surface area contributed by atoms with Crippen LogP contribution in [0.2, 0.25) is 0 Å². The third-order valence-electron chi connectivity index (χ3n) is 3.76. The second kappa shape index (κ2) is 6.98. The predicted molar refractivity (Wildman–Crippen MR) is 95.1 cm³/mol. The zero-order valence-electron chi connectivity index (χ0n) is 13.7. The van der Waals surface area contributed by atoms with Crippen molar-refractivity contribution in [2.24, 2.45) is 0 Å². The maximum absolute atomic E-state index is 12.3. The summed E-state index contributed by atoms with van der Waals surface area (Å²) in [6, 6.07) is 17.1. The SMILES string of the molecule is O=C(Cc1cnn(-c2ccccc2)c1)Nc1cccc(-n2cnnn2)c1. The Morgan fingerprint density at radius 3 is 2.65 bits per heavy atom. The summed E-state index contributed by atoms with van der Waals surface area (Å²) in [5.41, 5.74) is 3.24. The van der Waals surface area contributed by atoms with E-state index >= 15 is 0 Å². The molecule has 0 aliphatic rings. The maximum atomic E-state index is 12.3. The van der Waals surface area contributed by atoms with Crippen LogP contribution in [0.5, 0.6) is 0 Å². The summed E-state index contributed by atoms with van der Waals surface area (Å²) in [5.74, 6) is -0.119. The molecule has 0 unspecified atom stereocenters.